The van der Waals surface area contributed by atoms with Crippen molar-refractivity contribution in [1.82, 2.24) is 14.8 Å². The molecule has 0 amide bonds. The van der Waals surface area contributed by atoms with Gasteiger partial charge < -0.3 is 9.15 Å². The van der Waals surface area contributed by atoms with Crippen molar-refractivity contribution in [3.63, 3.8) is 0 Å². The molecule has 5 nitrogen and oxygen atoms in total. The number of fused-ring (bicyclic) bond motifs is 1. The second-order valence-corrected chi connectivity index (χ2v) is 8.66. The fourth-order valence-electron chi connectivity index (χ4n) is 3.61. The predicted octanol–water partition coefficient (Wildman–Crippen LogP) is 5.93. The molecule has 0 atom stereocenters. The summed E-state index contributed by atoms with van der Waals surface area (Å²) in [5.74, 6) is 1.09. The lowest BCUT2D eigenvalue weighted by Gasteiger charge is -2.18. The maximum Gasteiger partial charge on any atom is 0.199 e. The van der Waals surface area contributed by atoms with Crippen LogP contribution in [-0.2, 0) is 11.8 Å². The molecule has 3 heterocycles. The molecule has 0 aliphatic carbocycles. The first-order valence-electron chi connectivity index (χ1n) is 9.61. The Kier molecular flexibility index (Phi) is 5.08. The van der Waals surface area contributed by atoms with Crippen LogP contribution in [0.4, 0.5) is 0 Å². The number of rotatable bonds is 4. The molecule has 5 rings (SSSR count). The molecule has 1 fully saturated rings. The third-order valence-corrected chi connectivity index (χ3v) is 6.45. The number of halogens is 1. The van der Waals surface area contributed by atoms with Crippen molar-refractivity contribution in [2.75, 3.05) is 13.2 Å². The van der Waals surface area contributed by atoms with Gasteiger partial charge in [-0.2, -0.15) is 5.10 Å². The van der Waals surface area contributed by atoms with Crippen LogP contribution in [0.1, 0.15) is 24.7 Å². The van der Waals surface area contributed by atoms with Crippen LogP contribution in [0.2, 0.25) is 5.02 Å². The number of aromatic nitrogens is 3. The lowest BCUT2D eigenvalue weighted by molar-refractivity contribution is 0.0786. The molecule has 2 aromatic heterocycles. The monoisotopic (exact) mass is 425 g/mol. The van der Waals surface area contributed by atoms with E-state index in [2.05, 4.69) is 23.3 Å². The van der Waals surface area contributed by atoms with E-state index in [1.165, 1.54) is 0 Å². The van der Waals surface area contributed by atoms with Crippen LogP contribution in [0.3, 0.4) is 0 Å². The van der Waals surface area contributed by atoms with E-state index in [1.54, 1.807) is 11.8 Å². The molecule has 4 aromatic rings. The van der Waals surface area contributed by atoms with Gasteiger partial charge in [0.1, 0.15) is 5.69 Å². The zero-order valence-electron chi connectivity index (χ0n) is 16.0. The highest BCUT2D eigenvalue weighted by atomic mass is 35.5. The van der Waals surface area contributed by atoms with E-state index in [4.69, 9.17) is 25.7 Å². The molecular weight excluding hydrogens is 406 g/mol. The minimum atomic E-state index is 0.296. The Bertz CT molecular complexity index is 1150. The van der Waals surface area contributed by atoms with E-state index in [0.717, 1.165) is 69.1 Å². The van der Waals surface area contributed by atoms with Crippen molar-refractivity contribution in [3.05, 3.63) is 59.6 Å². The molecule has 1 saturated heterocycles. The zero-order valence-corrected chi connectivity index (χ0v) is 17.5. The normalized spacial score (nSPS) is 15.2. The van der Waals surface area contributed by atoms with Crippen molar-refractivity contribution in [1.29, 1.82) is 0 Å². The smallest absolute Gasteiger partial charge is 0.199 e. The average Bonchev–Trinajstić information content (AvgIpc) is 3.34. The summed E-state index contributed by atoms with van der Waals surface area (Å²) in [5.41, 5.74) is 3.00. The molecule has 0 spiro atoms. The summed E-state index contributed by atoms with van der Waals surface area (Å²) in [4.78, 5) is 6.00. The van der Waals surface area contributed by atoms with Gasteiger partial charge in [-0.15, -0.1) is 0 Å². The van der Waals surface area contributed by atoms with Gasteiger partial charge in [-0.25, -0.2) is 4.98 Å². The third kappa shape index (κ3) is 3.80. The Morgan fingerprint density at radius 2 is 1.90 bits per heavy atom. The lowest BCUT2D eigenvalue weighted by Crippen LogP contribution is -2.14. The van der Waals surface area contributed by atoms with E-state index in [1.807, 2.05) is 42.2 Å². The Balaban J connectivity index is 1.56. The molecule has 0 saturated carbocycles. The first-order valence-corrected chi connectivity index (χ1v) is 10.8. The number of aryl methyl sites for hydroxylation is 1. The minimum absolute atomic E-state index is 0.296. The second-order valence-electron chi connectivity index (χ2n) is 7.17. The fraction of sp³-hybridized carbons (Fsp3) is 0.273. The first-order chi connectivity index (χ1) is 14.2. The van der Waals surface area contributed by atoms with Gasteiger partial charge in [0.25, 0.3) is 0 Å². The van der Waals surface area contributed by atoms with Gasteiger partial charge in [0.15, 0.2) is 11.0 Å². The van der Waals surface area contributed by atoms with Crippen LogP contribution in [0, 0.1) is 0 Å². The Morgan fingerprint density at radius 1 is 1.10 bits per heavy atom. The fourth-order valence-corrected chi connectivity index (χ4v) is 4.61. The summed E-state index contributed by atoms with van der Waals surface area (Å²) < 4.78 is 13.7. The van der Waals surface area contributed by atoms with Crippen molar-refractivity contribution in [2.45, 2.75) is 28.7 Å². The summed E-state index contributed by atoms with van der Waals surface area (Å²) in [5, 5.41) is 6.96. The highest BCUT2D eigenvalue weighted by Gasteiger charge is 2.25. The Hall–Kier alpha value is -2.28. The maximum absolute atomic E-state index is 6.30. The summed E-state index contributed by atoms with van der Waals surface area (Å²) in [6, 6.07) is 14.1. The maximum atomic E-state index is 6.30. The van der Waals surface area contributed by atoms with Gasteiger partial charge in [-0.1, -0.05) is 17.7 Å². The summed E-state index contributed by atoms with van der Waals surface area (Å²) >= 11 is 7.61. The molecular formula is C22H20ClN3O2S. The second kappa shape index (κ2) is 7.86. The average molecular weight is 426 g/mol. The van der Waals surface area contributed by atoms with Gasteiger partial charge in [-0.05, 0) is 61.0 Å². The van der Waals surface area contributed by atoms with Gasteiger partial charge in [0, 0.05) is 47.0 Å². The van der Waals surface area contributed by atoms with E-state index in [0.29, 0.717) is 5.92 Å². The SMILES string of the molecule is Cn1ncc2cc(-c3nc(C4CCOCC4)oc3Sc3ccc(Cl)cc3)ccc21. The Morgan fingerprint density at radius 3 is 2.69 bits per heavy atom. The molecule has 2 aromatic carbocycles. The Labute approximate surface area is 178 Å². The number of ether oxygens (including phenoxy) is 1. The van der Waals surface area contributed by atoms with Crippen LogP contribution in [0.15, 0.2) is 63.1 Å². The van der Waals surface area contributed by atoms with Crippen LogP contribution in [0.5, 0.6) is 0 Å². The topological polar surface area (TPSA) is 53.1 Å². The number of benzene rings is 2. The molecule has 0 N–H and O–H groups in total. The van der Waals surface area contributed by atoms with Crippen molar-refractivity contribution in [3.8, 4) is 11.3 Å². The highest BCUT2D eigenvalue weighted by molar-refractivity contribution is 7.99. The molecule has 29 heavy (non-hydrogen) atoms. The largest absolute Gasteiger partial charge is 0.433 e. The van der Waals surface area contributed by atoms with Gasteiger partial charge in [-0.3, -0.25) is 4.68 Å². The molecule has 7 heteroatoms. The van der Waals surface area contributed by atoms with Crippen molar-refractivity contribution in [2.24, 2.45) is 7.05 Å². The number of hydrogen-bond donors (Lipinski definition) is 0. The van der Waals surface area contributed by atoms with Crippen molar-refractivity contribution < 1.29 is 9.15 Å². The molecule has 1 aliphatic rings. The van der Waals surface area contributed by atoms with E-state index < -0.39 is 0 Å². The first kappa shape index (κ1) is 18.7. The third-order valence-electron chi connectivity index (χ3n) is 5.23. The van der Waals surface area contributed by atoms with E-state index in [9.17, 15) is 0 Å². The molecule has 0 radical (unpaired) electrons. The summed E-state index contributed by atoms with van der Waals surface area (Å²) in [6.07, 6.45) is 3.75. The quantitative estimate of drug-likeness (QED) is 0.405. The van der Waals surface area contributed by atoms with Crippen molar-refractivity contribution >= 4 is 34.3 Å². The van der Waals surface area contributed by atoms with E-state index >= 15 is 0 Å². The molecule has 148 valence electrons. The predicted molar refractivity (Wildman–Crippen MR) is 115 cm³/mol. The molecule has 0 bridgehead atoms. The van der Waals surface area contributed by atoms with Gasteiger partial charge in [0.05, 0.1) is 11.7 Å². The van der Waals surface area contributed by atoms with Crippen LogP contribution in [-0.4, -0.2) is 28.0 Å². The van der Waals surface area contributed by atoms with Gasteiger partial charge in [0.2, 0.25) is 0 Å². The van der Waals surface area contributed by atoms with Gasteiger partial charge >= 0.3 is 0 Å². The summed E-state index contributed by atoms with van der Waals surface area (Å²) in [7, 11) is 1.95. The van der Waals surface area contributed by atoms with E-state index in [-0.39, 0.29) is 0 Å². The summed E-state index contributed by atoms with van der Waals surface area (Å²) in [6.45, 7) is 1.51. The van der Waals surface area contributed by atoms with Crippen LogP contribution < -0.4 is 0 Å². The number of oxazole rings is 1. The highest BCUT2D eigenvalue weighted by Crippen LogP contribution is 2.40. The minimum Gasteiger partial charge on any atom is -0.433 e. The number of hydrogen-bond acceptors (Lipinski definition) is 5. The lowest BCUT2D eigenvalue weighted by atomic mass is 10.0. The number of nitrogens with zero attached hydrogens (tertiary/aromatic N) is 3. The molecule has 0 unspecified atom stereocenters. The van der Waals surface area contributed by atoms with Crippen LogP contribution >= 0.6 is 23.4 Å². The molecule has 1 aliphatic heterocycles. The standard InChI is InChI=1S/C22H20ClN3O2S/c1-26-19-7-2-15(12-16(19)13-24-26)20-22(29-18-5-3-17(23)4-6-18)28-21(25-20)14-8-10-27-11-9-14/h2-7,12-14H,8-11H2,1H3. The van der Waals surface area contributed by atoms with Crippen LogP contribution in [0.25, 0.3) is 22.2 Å². The zero-order chi connectivity index (χ0) is 19.8.